The molecule has 4 aromatic rings. The van der Waals surface area contributed by atoms with Gasteiger partial charge in [0.2, 0.25) is 11.6 Å². The molecular formula is C22H23N7O4. The number of benzene rings is 1. The van der Waals surface area contributed by atoms with Crippen LogP contribution in [0.2, 0.25) is 0 Å². The normalized spacial score (nSPS) is 16.4. The number of fused-ring (bicyclic) bond motifs is 2. The molecular weight excluding hydrogens is 426 g/mol. The van der Waals surface area contributed by atoms with Crippen LogP contribution in [0.25, 0.3) is 22.2 Å². The van der Waals surface area contributed by atoms with Crippen molar-refractivity contribution in [2.45, 2.75) is 18.9 Å². The van der Waals surface area contributed by atoms with Crippen LogP contribution in [0.5, 0.6) is 0 Å². The molecule has 4 heterocycles. The van der Waals surface area contributed by atoms with Gasteiger partial charge in [-0.3, -0.25) is 9.59 Å². The van der Waals surface area contributed by atoms with Crippen molar-refractivity contribution in [1.29, 1.82) is 0 Å². The van der Waals surface area contributed by atoms with Gasteiger partial charge in [0.1, 0.15) is 23.9 Å². The number of amides is 1. The lowest BCUT2D eigenvalue weighted by Crippen LogP contribution is -2.48. The Labute approximate surface area is 188 Å². The Hall–Kier alpha value is -3.86. The fourth-order valence-corrected chi connectivity index (χ4v) is 3.92. The van der Waals surface area contributed by atoms with Gasteiger partial charge in [0.05, 0.1) is 24.2 Å². The number of carbonyl (C=O) groups excluding carboxylic acids is 1. The van der Waals surface area contributed by atoms with Crippen molar-refractivity contribution in [2.24, 2.45) is 7.05 Å². The molecule has 0 N–H and O–H groups in total. The van der Waals surface area contributed by atoms with E-state index in [2.05, 4.69) is 20.3 Å². The van der Waals surface area contributed by atoms with Gasteiger partial charge in [-0.1, -0.05) is 17.0 Å². The van der Waals surface area contributed by atoms with E-state index in [4.69, 9.17) is 9.57 Å². The summed E-state index contributed by atoms with van der Waals surface area (Å²) in [5, 5.41) is 7.94. The molecule has 1 unspecified atom stereocenters. The van der Waals surface area contributed by atoms with E-state index in [9.17, 15) is 9.59 Å². The minimum atomic E-state index is -0.308. The number of ether oxygens (including phenoxy) is 1. The average molecular weight is 449 g/mol. The Bertz CT molecular complexity index is 1370. The lowest BCUT2D eigenvalue weighted by Gasteiger charge is -2.32. The molecule has 0 radical (unpaired) electrons. The minimum absolute atomic E-state index is 0.0480. The summed E-state index contributed by atoms with van der Waals surface area (Å²) in [6, 6.07) is 11.0. The Morgan fingerprint density at radius 3 is 2.97 bits per heavy atom. The van der Waals surface area contributed by atoms with Crippen molar-refractivity contribution in [1.82, 2.24) is 34.6 Å². The lowest BCUT2D eigenvalue weighted by atomic mass is 10.2. The third kappa shape index (κ3) is 4.27. The summed E-state index contributed by atoms with van der Waals surface area (Å²) in [5.74, 6) is -0.0480. The quantitative estimate of drug-likeness (QED) is 0.414. The Kier molecular flexibility index (Phi) is 5.69. The van der Waals surface area contributed by atoms with E-state index in [1.165, 1.54) is 4.85 Å². The van der Waals surface area contributed by atoms with Gasteiger partial charge in [0.15, 0.2) is 0 Å². The molecule has 0 saturated carbocycles. The molecule has 1 aliphatic heterocycles. The first-order valence-corrected chi connectivity index (χ1v) is 10.7. The van der Waals surface area contributed by atoms with E-state index >= 15 is 0 Å². The second-order valence-electron chi connectivity index (χ2n) is 7.85. The zero-order chi connectivity index (χ0) is 22.8. The van der Waals surface area contributed by atoms with Crippen LogP contribution in [0.4, 0.5) is 0 Å². The number of aryl methyl sites for hydroxylation is 2. The number of carbonyl (C=O) groups is 1. The predicted octanol–water partition coefficient (Wildman–Crippen LogP) is 0.362. The topological polar surface area (TPSA) is 117 Å². The summed E-state index contributed by atoms with van der Waals surface area (Å²) in [4.78, 5) is 42.9. The molecule has 1 atom stereocenters. The molecule has 33 heavy (non-hydrogen) atoms. The van der Waals surface area contributed by atoms with Crippen LogP contribution in [0.3, 0.4) is 0 Å². The third-order valence-corrected chi connectivity index (χ3v) is 5.68. The fraction of sp³-hybridized carbons (Fsp3) is 0.364. The highest BCUT2D eigenvalue weighted by molar-refractivity contribution is 5.77. The number of hydrogen-bond donors (Lipinski definition) is 0. The van der Waals surface area contributed by atoms with E-state index in [1.54, 1.807) is 34.8 Å². The number of pyridine rings is 1. The maximum absolute atomic E-state index is 12.8. The van der Waals surface area contributed by atoms with Crippen molar-refractivity contribution >= 4 is 28.1 Å². The number of morpholine rings is 1. The first-order valence-electron chi connectivity index (χ1n) is 10.7. The fourth-order valence-electron chi connectivity index (χ4n) is 3.92. The third-order valence-electron chi connectivity index (χ3n) is 5.68. The van der Waals surface area contributed by atoms with Gasteiger partial charge in [-0.25, -0.2) is 9.97 Å². The predicted molar refractivity (Wildman–Crippen MR) is 118 cm³/mol. The molecule has 170 valence electrons. The maximum atomic E-state index is 12.8. The van der Waals surface area contributed by atoms with Crippen molar-refractivity contribution in [3.8, 4) is 0 Å². The highest BCUT2D eigenvalue weighted by atomic mass is 16.7. The van der Waals surface area contributed by atoms with Crippen molar-refractivity contribution in [3.63, 3.8) is 0 Å². The summed E-state index contributed by atoms with van der Waals surface area (Å²) in [7, 11) is 1.72. The van der Waals surface area contributed by atoms with E-state index in [-0.39, 0.29) is 37.0 Å². The van der Waals surface area contributed by atoms with Gasteiger partial charge in [-0.05, 0) is 29.5 Å². The monoisotopic (exact) mass is 449 g/mol. The van der Waals surface area contributed by atoms with Crippen molar-refractivity contribution < 1.29 is 14.4 Å². The maximum Gasteiger partial charge on any atom is 0.272 e. The van der Waals surface area contributed by atoms with E-state index in [1.807, 2.05) is 24.3 Å². The van der Waals surface area contributed by atoms with Crippen molar-refractivity contribution in [2.75, 3.05) is 26.3 Å². The summed E-state index contributed by atoms with van der Waals surface area (Å²) >= 11 is 0. The van der Waals surface area contributed by atoms with Gasteiger partial charge in [-0.15, -0.1) is 5.10 Å². The SMILES string of the molecule is Cn1c(=O)c(CCC(=O)N2CCOC(COn3nnc4cccnc43)C2)nc2ccccc21. The van der Waals surface area contributed by atoms with Crippen LogP contribution >= 0.6 is 0 Å². The highest BCUT2D eigenvalue weighted by Gasteiger charge is 2.25. The molecule has 1 amide bonds. The zero-order valence-electron chi connectivity index (χ0n) is 18.1. The average Bonchev–Trinajstić information content (AvgIpc) is 3.27. The Morgan fingerprint density at radius 2 is 2.06 bits per heavy atom. The first-order chi connectivity index (χ1) is 16.1. The summed E-state index contributed by atoms with van der Waals surface area (Å²) < 4.78 is 7.32. The largest absolute Gasteiger partial charge is 0.391 e. The number of para-hydroxylation sites is 2. The Balaban J connectivity index is 1.19. The number of hydrogen-bond acceptors (Lipinski definition) is 8. The molecule has 3 aromatic heterocycles. The summed E-state index contributed by atoms with van der Waals surface area (Å²) in [6.07, 6.45) is 1.82. The van der Waals surface area contributed by atoms with Crippen LogP contribution in [0.15, 0.2) is 47.4 Å². The van der Waals surface area contributed by atoms with Gasteiger partial charge in [-0.2, -0.15) is 0 Å². The van der Waals surface area contributed by atoms with Crippen LogP contribution in [0.1, 0.15) is 12.1 Å². The second-order valence-corrected chi connectivity index (χ2v) is 7.85. The van der Waals surface area contributed by atoms with Gasteiger partial charge < -0.3 is 19.0 Å². The molecule has 0 aliphatic carbocycles. The summed E-state index contributed by atoms with van der Waals surface area (Å²) in [6.45, 7) is 1.49. The molecule has 0 spiro atoms. The van der Waals surface area contributed by atoms with Crippen LogP contribution < -0.4 is 10.4 Å². The molecule has 1 aromatic carbocycles. The Morgan fingerprint density at radius 1 is 1.21 bits per heavy atom. The van der Waals surface area contributed by atoms with Crippen molar-refractivity contribution in [3.05, 3.63) is 58.6 Å². The first kappa shape index (κ1) is 21.0. The minimum Gasteiger partial charge on any atom is -0.391 e. The molecule has 5 rings (SSSR count). The van der Waals surface area contributed by atoms with Gasteiger partial charge >= 0.3 is 0 Å². The number of rotatable bonds is 6. The van der Waals surface area contributed by atoms with E-state index < -0.39 is 0 Å². The smallest absolute Gasteiger partial charge is 0.272 e. The van der Waals surface area contributed by atoms with E-state index in [0.29, 0.717) is 36.6 Å². The van der Waals surface area contributed by atoms with Gasteiger partial charge in [0, 0.05) is 32.6 Å². The highest BCUT2D eigenvalue weighted by Crippen LogP contribution is 2.12. The van der Waals surface area contributed by atoms with Crippen LogP contribution in [0, 0.1) is 0 Å². The molecule has 1 aliphatic rings. The number of nitrogens with zero attached hydrogens (tertiary/aromatic N) is 7. The van der Waals surface area contributed by atoms with E-state index in [0.717, 1.165) is 11.0 Å². The summed E-state index contributed by atoms with van der Waals surface area (Å²) in [5.41, 5.74) is 2.87. The molecule has 0 bridgehead atoms. The zero-order valence-corrected chi connectivity index (χ0v) is 18.1. The second kappa shape index (κ2) is 8.94. The molecule has 11 nitrogen and oxygen atoms in total. The van der Waals surface area contributed by atoms with Gasteiger partial charge in [0.25, 0.3) is 5.56 Å². The number of aromatic nitrogens is 6. The molecule has 1 saturated heterocycles. The molecule has 11 heteroatoms. The standard InChI is InChI=1S/C22H23N7O4/c1-27-19-7-3-2-5-16(19)24-18(22(27)31)8-9-20(30)28-11-12-32-15(13-28)14-33-29-21-17(25-26-29)6-4-10-23-21/h2-7,10,15H,8-9,11-14H2,1H3. The molecule has 1 fully saturated rings. The van der Waals surface area contributed by atoms with Crippen LogP contribution in [-0.2, 0) is 23.0 Å². The van der Waals surface area contributed by atoms with Crippen LogP contribution in [-0.4, -0.2) is 72.9 Å². The lowest BCUT2D eigenvalue weighted by molar-refractivity contribution is -0.141.